The number of fused-ring (bicyclic) bond motifs is 1. The lowest BCUT2D eigenvalue weighted by molar-refractivity contribution is -0.124. The third-order valence-electron chi connectivity index (χ3n) is 4.11. The van der Waals surface area contributed by atoms with E-state index in [1.54, 1.807) is 17.8 Å². The average Bonchev–Trinajstić information content (AvgIpc) is 2.84. The number of aryl methyl sites for hydroxylation is 2. The molecule has 2 rings (SSSR count). The fraction of sp³-hybridized carbons (Fsp3) is 0.562. The summed E-state index contributed by atoms with van der Waals surface area (Å²) in [5.41, 5.74) is 1.22. The van der Waals surface area contributed by atoms with Crippen molar-refractivity contribution >= 4 is 16.8 Å². The van der Waals surface area contributed by atoms with Crippen LogP contribution in [0.5, 0.6) is 0 Å². The molecule has 1 N–H and O–H groups in total. The zero-order valence-corrected chi connectivity index (χ0v) is 13.9. The van der Waals surface area contributed by atoms with Gasteiger partial charge in [0, 0.05) is 24.2 Å². The molecule has 0 fully saturated rings. The molecular weight excluding hydrogens is 280 g/mol. The monoisotopic (exact) mass is 304 g/mol. The molecule has 120 valence electrons. The van der Waals surface area contributed by atoms with Gasteiger partial charge in [0.15, 0.2) is 0 Å². The number of carbonyl (C=O) groups excluding carboxylic acids is 1. The minimum Gasteiger partial charge on any atom is -0.352 e. The van der Waals surface area contributed by atoms with Crippen molar-refractivity contribution in [3.05, 3.63) is 28.3 Å². The van der Waals surface area contributed by atoms with Crippen LogP contribution >= 0.6 is 0 Å². The lowest BCUT2D eigenvalue weighted by atomic mass is 10.2. The van der Waals surface area contributed by atoms with Gasteiger partial charge in [-0.05, 0) is 40.2 Å². The third-order valence-corrected chi connectivity index (χ3v) is 4.11. The second-order valence-electron chi connectivity index (χ2n) is 5.69. The lowest BCUT2D eigenvalue weighted by Crippen LogP contribution is -2.39. The Bertz CT molecular complexity index is 744. The second-order valence-corrected chi connectivity index (χ2v) is 5.69. The standard InChI is InChI=1S/C16H24N4O2/c1-6-10(3)17-15(21)12(5)19-9-8-13-11(4)18-20(7-2)14(13)16(19)22/h8-10,12H,6-7H2,1-5H3,(H,17,21). The van der Waals surface area contributed by atoms with Crippen LogP contribution in [0.1, 0.15) is 45.9 Å². The van der Waals surface area contributed by atoms with Crippen molar-refractivity contribution in [2.45, 2.75) is 59.7 Å². The minimum absolute atomic E-state index is 0.0952. The van der Waals surface area contributed by atoms with E-state index < -0.39 is 6.04 Å². The molecule has 0 aliphatic carbocycles. The highest BCUT2D eigenvalue weighted by atomic mass is 16.2. The maximum absolute atomic E-state index is 12.7. The predicted molar refractivity (Wildman–Crippen MR) is 87.0 cm³/mol. The molecule has 0 radical (unpaired) electrons. The van der Waals surface area contributed by atoms with Gasteiger partial charge in [-0.3, -0.25) is 14.3 Å². The van der Waals surface area contributed by atoms with Crippen molar-refractivity contribution in [2.75, 3.05) is 0 Å². The molecule has 0 spiro atoms. The molecule has 2 atom stereocenters. The first-order valence-electron chi connectivity index (χ1n) is 7.79. The van der Waals surface area contributed by atoms with Gasteiger partial charge in [0.2, 0.25) is 5.91 Å². The van der Waals surface area contributed by atoms with Crippen LogP contribution in [-0.2, 0) is 11.3 Å². The number of nitrogens with one attached hydrogen (secondary N) is 1. The smallest absolute Gasteiger partial charge is 0.277 e. The first-order valence-corrected chi connectivity index (χ1v) is 7.79. The highest BCUT2D eigenvalue weighted by Gasteiger charge is 2.20. The number of nitrogens with zero attached hydrogens (tertiary/aromatic N) is 3. The van der Waals surface area contributed by atoms with Gasteiger partial charge in [-0.15, -0.1) is 0 Å². The summed E-state index contributed by atoms with van der Waals surface area (Å²) in [7, 11) is 0. The zero-order chi connectivity index (χ0) is 16.4. The first kappa shape index (κ1) is 16.3. The summed E-state index contributed by atoms with van der Waals surface area (Å²) in [6.45, 7) is 10.2. The Labute approximate surface area is 130 Å². The van der Waals surface area contributed by atoms with E-state index in [-0.39, 0.29) is 17.5 Å². The highest BCUT2D eigenvalue weighted by Crippen LogP contribution is 2.15. The number of hydrogen-bond donors (Lipinski definition) is 1. The first-order chi connectivity index (χ1) is 10.4. The number of aromatic nitrogens is 3. The molecular formula is C16H24N4O2. The van der Waals surface area contributed by atoms with Crippen LogP contribution in [0.4, 0.5) is 0 Å². The molecule has 2 heterocycles. The molecule has 6 heteroatoms. The van der Waals surface area contributed by atoms with Gasteiger partial charge in [-0.2, -0.15) is 5.10 Å². The quantitative estimate of drug-likeness (QED) is 0.918. The molecule has 0 aromatic carbocycles. The van der Waals surface area contributed by atoms with E-state index in [1.165, 1.54) is 4.57 Å². The molecule has 2 aromatic heterocycles. The van der Waals surface area contributed by atoms with Crippen molar-refractivity contribution in [2.24, 2.45) is 0 Å². The molecule has 22 heavy (non-hydrogen) atoms. The van der Waals surface area contributed by atoms with E-state index in [4.69, 9.17) is 0 Å². The number of carbonyl (C=O) groups is 1. The van der Waals surface area contributed by atoms with Gasteiger partial charge in [-0.1, -0.05) is 6.92 Å². The zero-order valence-electron chi connectivity index (χ0n) is 13.9. The van der Waals surface area contributed by atoms with Gasteiger partial charge in [0.25, 0.3) is 5.56 Å². The maximum Gasteiger partial charge on any atom is 0.277 e. The summed E-state index contributed by atoms with van der Waals surface area (Å²) in [6.07, 6.45) is 2.54. The van der Waals surface area contributed by atoms with E-state index in [0.29, 0.717) is 12.1 Å². The molecule has 2 unspecified atom stereocenters. The van der Waals surface area contributed by atoms with E-state index in [0.717, 1.165) is 17.5 Å². The summed E-state index contributed by atoms with van der Waals surface area (Å²) in [5, 5.41) is 8.14. The van der Waals surface area contributed by atoms with Gasteiger partial charge < -0.3 is 9.88 Å². The molecule has 6 nitrogen and oxygen atoms in total. The van der Waals surface area contributed by atoms with Crippen LogP contribution in [0.3, 0.4) is 0 Å². The molecule has 0 aliphatic rings. The van der Waals surface area contributed by atoms with Gasteiger partial charge in [-0.25, -0.2) is 0 Å². The summed E-state index contributed by atoms with van der Waals surface area (Å²) in [5.74, 6) is -0.143. The second kappa shape index (κ2) is 6.34. The van der Waals surface area contributed by atoms with E-state index in [1.807, 2.05) is 33.8 Å². The molecule has 2 aromatic rings. The van der Waals surface area contributed by atoms with Crippen LogP contribution in [-0.4, -0.2) is 26.3 Å². The highest BCUT2D eigenvalue weighted by molar-refractivity contribution is 5.83. The Balaban J connectivity index is 2.46. The summed E-state index contributed by atoms with van der Waals surface area (Å²) in [4.78, 5) is 25.0. The van der Waals surface area contributed by atoms with Crippen LogP contribution in [0.2, 0.25) is 0 Å². The molecule has 1 amide bonds. The fourth-order valence-electron chi connectivity index (χ4n) is 2.49. The van der Waals surface area contributed by atoms with Gasteiger partial charge in [0.05, 0.1) is 5.69 Å². The van der Waals surface area contributed by atoms with E-state index >= 15 is 0 Å². The molecule has 0 saturated carbocycles. The summed E-state index contributed by atoms with van der Waals surface area (Å²) < 4.78 is 3.18. The van der Waals surface area contributed by atoms with Gasteiger partial charge in [0.1, 0.15) is 11.6 Å². The number of hydrogen-bond acceptors (Lipinski definition) is 3. The van der Waals surface area contributed by atoms with Crippen molar-refractivity contribution in [1.82, 2.24) is 19.7 Å². The fourth-order valence-corrected chi connectivity index (χ4v) is 2.49. The SMILES string of the molecule is CCC(C)NC(=O)C(C)n1ccc2c(C)nn(CC)c2c1=O. The number of amides is 1. The Morgan fingerprint density at radius 3 is 2.64 bits per heavy atom. The predicted octanol–water partition coefficient (Wildman–Crippen LogP) is 2.00. The largest absolute Gasteiger partial charge is 0.352 e. The number of rotatable bonds is 5. The van der Waals surface area contributed by atoms with Crippen molar-refractivity contribution in [3.63, 3.8) is 0 Å². The minimum atomic E-state index is -0.550. The Kier molecular flexibility index (Phi) is 4.68. The van der Waals surface area contributed by atoms with E-state index in [2.05, 4.69) is 10.4 Å². The Morgan fingerprint density at radius 1 is 1.36 bits per heavy atom. The molecule has 0 aliphatic heterocycles. The Morgan fingerprint density at radius 2 is 2.05 bits per heavy atom. The van der Waals surface area contributed by atoms with Crippen LogP contribution in [0.25, 0.3) is 10.9 Å². The lowest BCUT2D eigenvalue weighted by Gasteiger charge is -2.18. The van der Waals surface area contributed by atoms with Crippen molar-refractivity contribution in [3.8, 4) is 0 Å². The maximum atomic E-state index is 12.7. The normalized spacial score (nSPS) is 14.0. The third kappa shape index (κ3) is 2.77. The molecule has 0 bridgehead atoms. The van der Waals surface area contributed by atoms with Crippen LogP contribution < -0.4 is 10.9 Å². The van der Waals surface area contributed by atoms with Crippen LogP contribution in [0, 0.1) is 6.92 Å². The van der Waals surface area contributed by atoms with Gasteiger partial charge >= 0.3 is 0 Å². The summed E-state index contributed by atoms with van der Waals surface area (Å²) in [6, 6.07) is 1.40. The van der Waals surface area contributed by atoms with Crippen molar-refractivity contribution in [1.29, 1.82) is 0 Å². The average molecular weight is 304 g/mol. The summed E-state index contributed by atoms with van der Waals surface area (Å²) >= 11 is 0. The van der Waals surface area contributed by atoms with Crippen LogP contribution in [0.15, 0.2) is 17.1 Å². The number of pyridine rings is 1. The Hall–Kier alpha value is -2.11. The van der Waals surface area contributed by atoms with Crippen molar-refractivity contribution < 1.29 is 4.79 Å². The molecule has 0 saturated heterocycles. The topological polar surface area (TPSA) is 68.9 Å². The van der Waals surface area contributed by atoms with E-state index in [9.17, 15) is 9.59 Å².